The van der Waals surface area contributed by atoms with E-state index in [4.69, 9.17) is 0 Å². The highest BCUT2D eigenvalue weighted by molar-refractivity contribution is 5.83. The first-order valence-corrected chi connectivity index (χ1v) is 8.28. The molecule has 3 nitrogen and oxygen atoms in total. The zero-order valence-corrected chi connectivity index (χ0v) is 13.4. The Morgan fingerprint density at radius 3 is 2.91 bits per heavy atom. The van der Waals surface area contributed by atoms with Gasteiger partial charge in [-0.3, -0.25) is 4.90 Å². The quantitative estimate of drug-likeness (QED) is 0.737. The summed E-state index contributed by atoms with van der Waals surface area (Å²) in [5.41, 5.74) is 3.91. The summed E-state index contributed by atoms with van der Waals surface area (Å²) in [6.07, 6.45) is 4.66. The predicted molar refractivity (Wildman–Crippen MR) is 93.4 cm³/mol. The molecular weight excluding hydrogens is 282 g/mol. The van der Waals surface area contributed by atoms with Crippen LogP contribution in [0.2, 0.25) is 0 Å². The smallest absolute Gasteiger partial charge is 0.115 e. The lowest BCUT2D eigenvalue weighted by atomic mass is 9.96. The third kappa shape index (κ3) is 2.97. The molecule has 0 aliphatic carbocycles. The van der Waals surface area contributed by atoms with E-state index >= 15 is 0 Å². The van der Waals surface area contributed by atoms with Crippen LogP contribution >= 0.6 is 0 Å². The van der Waals surface area contributed by atoms with Crippen molar-refractivity contribution in [2.75, 3.05) is 13.1 Å². The van der Waals surface area contributed by atoms with Crippen molar-refractivity contribution in [3.63, 3.8) is 0 Å². The van der Waals surface area contributed by atoms with Gasteiger partial charge in [-0.25, -0.2) is 9.97 Å². The van der Waals surface area contributed by atoms with Crippen molar-refractivity contribution in [1.82, 2.24) is 14.9 Å². The van der Waals surface area contributed by atoms with Gasteiger partial charge in [0.05, 0.1) is 0 Å². The minimum absolute atomic E-state index is 0.519. The fourth-order valence-electron chi connectivity index (χ4n) is 3.49. The summed E-state index contributed by atoms with van der Waals surface area (Å²) in [5, 5.41) is 2.64. The van der Waals surface area contributed by atoms with E-state index in [1.807, 2.05) is 6.20 Å². The number of hydrogen-bond donors (Lipinski definition) is 0. The van der Waals surface area contributed by atoms with E-state index in [1.165, 1.54) is 27.6 Å². The summed E-state index contributed by atoms with van der Waals surface area (Å²) >= 11 is 0. The first-order chi connectivity index (χ1) is 11.3. The van der Waals surface area contributed by atoms with Crippen molar-refractivity contribution < 1.29 is 0 Å². The maximum atomic E-state index is 4.39. The summed E-state index contributed by atoms with van der Waals surface area (Å²) in [7, 11) is 0. The first kappa shape index (κ1) is 14.3. The molecule has 0 bridgehead atoms. The zero-order valence-electron chi connectivity index (χ0n) is 13.4. The highest BCUT2D eigenvalue weighted by Crippen LogP contribution is 2.24. The van der Waals surface area contributed by atoms with Crippen LogP contribution in [0.25, 0.3) is 10.8 Å². The molecule has 0 N–H and O–H groups in total. The van der Waals surface area contributed by atoms with Gasteiger partial charge in [0.1, 0.15) is 6.33 Å². The van der Waals surface area contributed by atoms with Gasteiger partial charge < -0.3 is 0 Å². The van der Waals surface area contributed by atoms with E-state index < -0.39 is 0 Å². The van der Waals surface area contributed by atoms with Crippen LogP contribution in [0.15, 0.2) is 55.0 Å². The van der Waals surface area contributed by atoms with Crippen LogP contribution in [0.5, 0.6) is 0 Å². The lowest BCUT2D eigenvalue weighted by molar-refractivity contribution is 0.239. The maximum absolute atomic E-state index is 4.39. The van der Waals surface area contributed by atoms with Gasteiger partial charge in [-0.2, -0.15) is 0 Å². The van der Waals surface area contributed by atoms with Gasteiger partial charge in [-0.1, -0.05) is 49.4 Å². The fourth-order valence-corrected chi connectivity index (χ4v) is 3.49. The second kappa shape index (κ2) is 6.09. The highest BCUT2D eigenvalue weighted by atomic mass is 15.1. The van der Waals surface area contributed by atoms with Crippen LogP contribution in [0.4, 0.5) is 0 Å². The van der Waals surface area contributed by atoms with E-state index in [0.717, 1.165) is 26.1 Å². The largest absolute Gasteiger partial charge is 0.298 e. The van der Waals surface area contributed by atoms with Gasteiger partial charge in [-0.15, -0.1) is 0 Å². The van der Waals surface area contributed by atoms with Crippen LogP contribution < -0.4 is 0 Å². The summed E-state index contributed by atoms with van der Waals surface area (Å²) in [6, 6.07) is 15.4. The van der Waals surface area contributed by atoms with Gasteiger partial charge >= 0.3 is 0 Å². The van der Waals surface area contributed by atoms with Crippen LogP contribution in [0.3, 0.4) is 0 Å². The zero-order chi connectivity index (χ0) is 15.6. The monoisotopic (exact) mass is 303 g/mol. The third-order valence-electron chi connectivity index (χ3n) is 4.81. The topological polar surface area (TPSA) is 29.0 Å². The number of fused-ring (bicyclic) bond motifs is 2. The summed E-state index contributed by atoms with van der Waals surface area (Å²) < 4.78 is 0. The van der Waals surface area contributed by atoms with Gasteiger partial charge in [0, 0.05) is 43.5 Å². The molecule has 3 aromatic rings. The molecule has 2 heterocycles. The average Bonchev–Trinajstić information content (AvgIpc) is 2.61. The molecule has 0 saturated carbocycles. The number of benzene rings is 2. The molecule has 0 spiro atoms. The second-order valence-electron chi connectivity index (χ2n) is 6.49. The molecule has 0 amide bonds. The summed E-state index contributed by atoms with van der Waals surface area (Å²) in [4.78, 5) is 11.1. The molecule has 4 rings (SSSR count). The molecule has 23 heavy (non-hydrogen) atoms. The van der Waals surface area contributed by atoms with Crippen LogP contribution in [0, 0.1) is 0 Å². The Balaban J connectivity index is 1.50. The van der Waals surface area contributed by atoms with E-state index in [9.17, 15) is 0 Å². The molecule has 0 saturated heterocycles. The molecule has 3 heteroatoms. The number of hydrogen-bond acceptors (Lipinski definition) is 3. The van der Waals surface area contributed by atoms with Crippen LogP contribution in [-0.2, 0) is 13.0 Å². The minimum atomic E-state index is 0.519. The molecular formula is C20H21N3. The van der Waals surface area contributed by atoms with Crippen LogP contribution in [0.1, 0.15) is 29.7 Å². The van der Waals surface area contributed by atoms with Gasteiger partial charge in [0.15, 0.2) is 0 Å². The Morgan fingerprint density at radius 2 is 2.00 bits per heavy atom. The number of aromatic nitrogens is 2. The molecule has 0 radical (unpaired) electrons. The molecule has 0 fully saturated rings. The predicted octanol–water partition coefficient (Wildman–Crippen LogP) is 3.79. The normalized spacial score (nSPS) is 16.2. The fraction of sp³-hybridized carbons (Fsp3) is 0.300. The van der Waals surface area contributed by atoms with Gasteiger partial charge in [0.2, 0.25) is 0 Å². The summed E-state index contributed by atoms with van der Waals surface area (Å²) in [6.45, 7) is 5.45. The third-order valence-corrected chi connectivity index (χ3v) is 4.81. The van der Waals surface area contributed by atoms with Crippen molar-refractivity contribution in [3.8, 4) is 0 Å². The van der Waals surface area contributed by atoms with E-state index in [2.05, 4.69) is 64.3 Å². The highest BCUT2D eigenvalue weighted by Gasteiger charge is 2.19. The van der Waals surface area contributed by atoms with Crippen LogP contribution in [-0.4, -0.2) is 28.0 Å². The van der Waals surface area contributed by atoms with Crippen molar-refractivity contribution >= 4 is 10.8 Å². The standard InChI is InChI=1S/C20H21N3/c1-15(17-7-6-16-4-2-3-5-18(16)10-17)12-23-9-8-20-19(13-23)11-21-14-22-20/h2-7,10-11,14-15H,8-9,12-13H2,1H3. The Labute approximate surface area is 137 Å². The van der Waals surface area contributed by atoms with Gasteiger partial charge in [-0.05, 0) is 22.3 Å². The molecule has 116 valence electrons. The Morgan fingerprint density at radius 1 is 1.13 bits per heavy atom. The van der Waals surface area contributed by atoms with Gasteiger partial charge in [0.25, 0.3) is 0 Å². The number of nitrogens with zero attached hydrogens (tertiary/aromatic N) is 3. The number of rotatable bonds is 3. The van der Waals surface area contributed by atoms with E-state index in [-0.39, 0.29) is 0 Å². The molecule has 1 aromatic heterocycles. The second-order valence-corrected chi connectivity index (χ2v) is 6.49. The maximum Gasteiger partial charge on any atom is 0.115 e. The lowest BCUT2D eigenvalue weighted by Crippen LogP contribution is -2.34. The van der Waals surface area contributed by atoms with Crippen molar-refractivity contribution in [2.24, 2.45) is 0 Å². The Bertz CT molecular complexity index is 828. The minimum Gasteiger partial charge on any atom is -0.298 e. The lowest BCUT2D eigenvalue weighted by Gasteiger charge is -2.30. The molecule has 1 atom stereocenters. The van der Waals surface area contributed by atoms with E-state index in [1.54, 1.807) is 6.33 Å². The summed E-state index contributed by atoms with van der Waals surface area (Å²) in [5.74, 6) is 0.519. The SMILES string of the molecule is CC(CN1CCc2ncncc2C1)c1ccc2ccccc2c1. The first-order valence-electron chi connectivity index (χ1n) is 8.28. The molecule has 2 aromatic carbocycles. The average molecular weight is 303 g/mol. The van der Waals surface area contributed by atoms with Crippen molar-refractivity contribution in [2.45, 2.75) is 25.8 Å². The Kier molecular flexibility index (Phi) is 3.80. The molecule has 1 aliphatic heterocycles. The van der Waals surface area contributed by atoms with E-state index in [0.29, 0.717) is 5.92 Å². The van der Waals surface area contributed by atoms with Crippen molar-refractivity contribution in [1.29, 1.82) is 0 Å². The molecule has 1 unspecified atom stereocenters. The Hall–Kier alpha value is -2.26. The van der Waals surface area contributed by atoms with Crippen molar-refractivity contribution in [3.05, 3.63) is 71.8 Å². The molecule has 1 aliphatic rings.